The first kappa shape index (κ1) is 11.3. The number of hydrogen-bond acceptors (Lipinski definition) is 4. The van der Waals surface area contributed by atoms with Crippen LogP contribution in [0.4, 0.5) is 0 Å². The molecule has 0 aliphatic carbocycles. The van der Waals surface area contributed by atoms with Crippen LogP contribution >= 0.6 is 11.8 Å². The molecule has 0 aromatic carbocycles. The highest BCUT2D eigenvalue weighted by molar-refractivity contribution is 8.13. The van der Waals surface area contributed by atoms with Crippen LogP contribution in [0.15, 0.2) is 4.99 Å². The van der Waals surface area contributed by atoms with Crippen LogP contribution in [0.3, 0.4) is 0 Å². The fourth-order valence-corrected chi connectivity index (χ4v) is 2.01. The fraction of sp³-hybridized carbons (Fsp3) is 0.778. The molecule has 0 radical (unpaired) electrons. The Labute approximate surface area is 88.9 Å². The third kappa shape index (κ3) is 2.89. The number of aliphatic imine (C=N–C) groups is 1. The molecule has 1 heterocycles. The Morgan fingerprint density at radius 1 is 1.64 bits per heavy atom. The Morgan fingerprint density at radius 2 is 2.36 bits per heavy atom. The minimum Gasteiger partial charge on any atom is -0.372 e. The van der Waals surface area contributed by atoms with E-state index in [0.29, 0.717) is 6.61 Å². The summed E-state index contributed by atoms with van der Waals surface area (Å²) >= 11 is 1.50. The predicted molar refractivity (Wildman–Crippen MR) is 58.2 cm³/mol. The number of ether oxygens (including phenoxy) is 1. The maximum atomic E-state index is 8.52. The van der Waals surface area contributed by atoms with Crippen molar-refractivity contribution in [1.82, 2.24) is 4.90 Å². The van der Waals surface area contributed by atoms with Crippen LogP contribution in [0.2, 0.25) is 0 Å². The molecule has 0 N–H and O–H groups in total. The Balaban J connectivity index is 2.69. The van der Waals surface area contributed by atoms with Crippen molar-refractivity contribution in [3.63, 3.8) is 0 Å². The number of thioether (sulfide) groups is 1. The third-order valence-electron chi connectivity index (χ3n) is 2.02. The second-order valence-electron chi connectivity index (χ2n) is 3.73. The first-order chi connectivity index (χ1) is 6.59. The Bertz CT molecular complexity index is 270. The fourth-order valence-electron chi connectivity index (χ4n) is 1.47. The number of nitriles is 1. The van der Waals surface area contributed by atoms with Crippen LogP contribution in [0.1, 0.15) is 13.8 Å². The summed E-state index contributed by atoms with van der Waals surface area (Å²) in [6, 6.07) is 0. The molecule has 0 spiro atoms. The maximum Gasteiger partial charge on any atom is 0.208 e. The molecule has 1 saturated heterocycles. The van der Waals surface area contributed by atoms with Crippen molar-refractivity contribution in [3.8, 4) is 6.19 Å². The number of rotatable bonds is 0. The van der Waals surface area contributed by atoms with E-state index in [-0.39, 0.29) is 5.60 Å². The molecular weight excluding hydrogens is 198 g/mol. The molecule has 78 valence electrons. The average molecular weight is 213 g/mol. The number of amidine groups is 1. The molecule has 0 unspecified atom stereocenters. The largest absolute Gasteiger partial charge is 0.372 e. The molecule has 0 atom stereocenters. The van der Waals surface area contributed by atoms with Gasteiger partial charge in [-0.1, -0.05) is 11.8 Å². The Kier molecular flexibility index (Phi) is 3.78. The first-order valence-electron chi connectivity index (χ1n) is 4.49. The van der Waals surface area contributed by atoms with E-state index < -0.39 is 0 Å². The zero-order valence-corrected chi connectivity index (χ0v) is 9.60. The van der Waals surface area contributed by atoms with Crippen molar-refractivity contribution >= 4 is 16.9 Å². The normalized spacial score (nSPS) is 21.9. The molecule has 0 aromatic heterocycles. The quantitative estimate of drug-likeness (QED) is 0.346. The molecule has 14 heavy (non-hydrogen) atoms. The van der Waals surface area contributed by atoms with E-state index in [1.165, 1.54) is 11.8 Å². The van der Waals surface area contributed by atoms with Crippen molar-refractivity contribution in [1.29, 1.82) is 5.26 Å². The van der Waals surface area contributed by atoms with Gasteiger partial charge in [0, 0.05) is 13.1 Å². The highest BCUT2D eigenvalue weighted by Crippen LogP contribution is 2.19. The van der Waals surface area contributed by atoms with Gasteiger partial charge in [0.25, 0.3) is 0 Å². The topological polar surface area (TPSA) is 48.6 Å². The van der Waals surface area contributed by atoms with Crippen molar-refractivity contribution in [2.45, 2.75) is 19.4 Å². The van der Waals surface area contributed by atoms with Crippen molar-refractivity contribution in [2.75, 3.05) is 26.0 Å². The monoisotopic (exact) mass is 213 g/mol. The molecule has 0 amide bonds. The van der Waals surface area contributed by atoms with E-state index in [2.05, 4.69) is 9.89 Å². The zero-order chi connectivity index (χ0) is 10.6. The first-order valence-corrected chi connectivity index (χ1v) is 5.71. The van der Waals surface area contributed by atoms with E-state index in [0.717, 1.165) is 18.3 Å². The van der Waals surface area contributed by atoms with E-state index in [1.807, 2.05) is 26.3 Å². The number of nitrogens with zero attached hydrogens (tertiary/aromatic N) is 3. The molecule has 4 nitrogen and oxygen atoms in total. The number of hydrogen-bond donors (Lipinski definition) is 0. The van der Waals surface area contributed by atoms with Gasteiger partial charge in [0.2, 0.25) is 6.19 Å². The minimum absolute atomic E-state index is 0.149. The summed E-state index contributed by atoms with van der Waals surface area (Å²) < 4.78 is 5.58. The molecule has 0 bridgehead atoms. The smallest absolute Gasteiger partial charge is 0.208 e. The third-order valence-corrected chi connectivity index (χ3v) is 2.74. The number of morpholine rings is 1. The molecular formula is C9H15N3OS. The summed E-state index contributed by atoms with van der Waals surface area (Å²) in [5, 5.41) is 9.30. The second-order valence-corrected chi connectivity index (χ2v) is 4.50. The molecule has 1 aliphatic rings. The Morgan fingerprint density at radius 3 is 2.86 bits per heavy atom. The van der Waals surface area contributed by atoms with Gasteiger partial charge in [0.05, 0.1) is 12.2 Å². The van der Waals surface area contributed by atoms with E-state index in [9.17, 15) is 0 Å². The Hall–Kier alpha value is -0.730. The lowest BCUT2D eigenvalue weighted by atomic mass is 10.1. The molecule has 1 aliphatic heterocycles. The summed E-state index contributed by atoms with van der Waals surface area (Å²) in [6.45, 7) is 6.38. The molecule has 1 rings (SSSR count). The summed E-state index contributed by atoms with van der Waals surface area (Å²) in [7, 11) is 0. The van der Waals surface area contributed by atoms with Crippen LogP contribution < -0.4 is 0 Å². The van der Waals surface area contributed by atoms with Gasteiger partial charge in [-0.2, -0.15) is 5.26 Å². The van der Waals surface area contributed by atoms with Crippen molar-refractivity contribution in [3.05, 3.63) is 0 Å². The lowest BCUT2D eigenvalue weighted by Gasteiger charge is -2.38. The van der Waals surface area contributed by atoms with Crippen LogP contribution in [0.5, 0.6) is 0 Å². The van der Waals surface area contributed by atoms with E-state index in [4.69, 9.17) is 10.00 Å². The molecule has 0 saturated carbocycles. The van der Waals surface area contributed by atoms with Gasteiger partial charge in [0.1, 0.15) is 0 Å². The van der Waals surface area contributed by atoms with Crippen LogP contribution in [0.25, 0.3) is 0 Å². The van der Waals surface area contributed by atoms with Crippen molar-refractivity contribution in [2.24, 2.45) is 4.99 Å². The summed E-state index contributed by atoms with van der Waals surface area (Å²) in [5.41, 5.74) is -0.149. The van der Waals surface area contributed by atoms with E-state index >= 15 is 0 Å². The van der Waals surface area contributed by atoms with Gasteiger partial charge in [-0.05, 0) is 20.1 Å². The SMILES string of the molecule is CSC(=NC#N)N1CCOC(C)(C)C1. The molecule has 0 aromatic rings. The van der Waals surface area contributed by atoms with Gasteiger partial charge in [-0.15, -0.1) is 4.99 Å². The lowest BCUT2D eigenvalue weighted by molar-refractivity contribution is -0.0669. The van der Waals surface area contributed by atoms with Crippen molar-refractivity contribution < 1.29 is 4.74 Å². The standard InChI is InChI=1S/C9H15N3OS/c1-9(2)6-12(4-5-13-9)8(14-3)11-7-10/h4-6H2,1-3H3. The highest BCUT2D eigenvalue weighted by Gasteiger charge is 2.28. The van der Waals surface area contributed by atoms with Crippen LogP contribution in [-0.4, -0.2) is 41.6 Å². The van der Waals surface area contributed by atoms with E-state index in [1.54, 1.807) is 0 Å². The van der Waals surface area contributed by atoms with Crippen LogP contribution in [-0.2, 0) is 4.74 Å². The average Bonchev–Trinajstić information content (AvgIpc) is 2.12. The summed E-state index contributed by atoms with van der Waals surface area (Å²) in [5.74, 6) is 0. The highest BCUT2D eigenvalue weighted by atomic mass is 32.2. The molecule has 1 fully saturated rings. The summed E-state index contributed by atoms with van der Waals surface area (Å²) in [4.78, 5) is 5.88. The predicted octanol–water partition coefficient (Wildman–Crippen LogP) is 1.30. The summed E-state index contributed by atoms with van der Waals surface area (Å²) in [6.07, 6.45) is 3.76. The molecule has 5 heteroatoms. The van der Waals surface area contributed by atoms with Gasteiger partial charge >= 0.3 is 0 Å². The second kappa shape index (κ2) is 4.67. The van der Waals surface area contributed by atoms with Gasteiger partial charge in [-0.3, -0.25) is 0 Å². The lowest BCUT2D eigenvalue weighted by Crippen LogP contribution is -2.49. The zero-order valence-electron chi connectivity index (χ0n) is 8.78. The van der Waals surface area contributed by atoms with Gasteiger partial charge in [0.15, 0.2) is 5.17 Å². The van der Waals surface area contributed by atoms with Crippen LogP contribution in [0, 0.1) is 11.5 Å². The minimum atomic E-state index is -0.149. The maximum absolute atomic E-state index is 8.52. The van der Waals surface area contributed by atoms with Gasteiger partial charge in [-0.25, -0.2) is 0 Å². The van der Waals surface area contributed by atoms with Gasteiger partial charge < -0.3 is 9.64 Å².